The number of nitrogens with two attached hydrogens (primary N) is 1. The van der Waals surface area contributed by atoms with Crippen LogP contribution in [0.4, 0.5) is 0 Å². The molecule has 0 aliphatic carbocycles. The number of rotatable bonds is 5. The second-order valence-corrected chi connectivity index (χ2v) is 4.63. The van der Waals surface area contributed by atoms with Crippen LogP contribution in [-0.4, -0.2) is 12.6 Å². The molecule has 0 spiro atoms. The largest absolute Gasteiger partial charge is 0.488 e. The molecule has 3 heteroatoms. The van der Waals surface area contributed by atoms with Gasteiger partial charge in [0.1, 0.15) is 12.4 Å². The average molecular weight is 240 g/mol. The fourth-order valence-corrected chi connectivity index (χ4v) is 1.57. The molecule has 2 N–H and O–H groups in total. The zero-order valence-electron chi connectivity index (χ0n) is 9.79. The lowest BCUT2D eigenvalue weighted by Gasteiger charge is -2.13. The van der Waals surface area contributed by atoms with Crippen LogP contribution < -0.4 is 10.5 Å². The molecule has 0 heterocycles. The second kappa shape index (κ2) is 5.92. The topological polar surface area (TPSA) is 35.2 Å². The van der Waals surface area contributed by atoms with Crippen molar-refractivity contribution in [1.82, 2.24) is 0 Å². The van der Waals surface area contributed by atoms with E-state index in [1.165, 1.54) is 5.56 Å². The Kier molecular flexibility index (Phi) is 4.84. The Balaban J connectivity index is 2.84. The van der Waals surface area contributed by atoms with Crippen LogP contribution in [0.3, 0.4) is 0 Å². The van der Waals surface area contributed by atoms with Crippen LogP contribution in [0.25, 0.3) is 0 Å². The molecule has 0 saturated carbocycles. The van der Waals surface area contributed by atoms with Gasteiger partial charge in [-0.25, -0.2) is 0 Å². The predicted molar refractivity (Wildman–Crippen MR) is 69.0 cm³/mol. The molecule has 1 atom stereocenters. The second-order valence-electron chi connectivity index (χ2n) is 4.10. The van der Waals surface area contributed by atoms with E-state index in [4.69, 9.17) is 22.1 Å². The molecule has 0 aromatic heterocycles. The van der Waals surface area contributed by atoms with Gasteiger partial charge in [0, 0.05) is 11.1 Å². The first-order valence-electron chi connectivity index (χ1n) is 5.30. The van der Waals surface area contributed by atoms with Crippen LogP contribution >= 0.6 is 11.6 Å². The number of halogens is 1. The summed E-state index contributed by atoms with van der Waals surface area (Å²) in [6.07, 6.45) is 0.797. The fourth-order valence-electron chi connectivity index (χ4n) is 1.51. The van der Waals surface area contributed by atoms with Crippen LogP contribution in [0.2, 0.25) is 0 Å². The van der Waals surface area contributed by atoms with Crippen molar-refractivity contribution in [1.29, 1.82) is 0 Å². The SMILES string of the molecule is C=C(Cl)COc1ccc(C)cc1CC(C)N. The molecule has 0 saturated heterocycles. The molecule has 0 radical (unpaired) electrons. The normalized spacial score (nSPS) is 12.2. The van der Waals surface area contributed by atoms with Crippen LogP contribution in [0.1, 0.15) is 18.1 Å². The van der Waals surface area contributed by atoms with Gasteiger partial charge in [0.15, 0.2) is 0 Å². The third-order valence-corrected chi connectivity index (χ3v) is 2.25. The van der Waals surface area contributed by atoms with Crippen molar-refractivity contribution in [3.05, 3.63) is 40.9 Å². The lowest BCUT2D eigenvalue weighted by Crippen LogP contribution is -2.18. The lowest BCUT2D eigenvalue weighted by atomic mass is 10.0. The molecule has 1 aromatic carbocycles. The molecule has 1 unspecified atom stereocenters. The minimum Gasteiger partial charge on any atom is -0.488 e. The molecule has 1 rings (SSSR count). The summed E-state index contributed by atoms with van der Waals surface area (Å²) in [4.78, 5) is 0. The Hall–Kier alpha value is -0.990. The highest BCUT2D eigenvalue weighted by atomic mass is 35.5. The Labute approximate surface area is 102 Å². The molecular weight excluding hydrogens is 222 g/mol. The number of aryl methyl sites for hydroxylation is 1. The standard InChI is InChI=1S/C13H18ClNO/c1-9-4-5-13(16-8-10(2)14)12(6-9)7-11(3)15/h4-6,11H,2,7-8,15H2,1,3H3. The maximum absolute atomic E-state index is 5.80. The van der Waals surface area contributed by atoms with Crippen LogP contribution in [-0.2, 0) is 6.42 Å². The van der Waals surface area contributed by atoms with Crippen molar-refractivity contribution in [2.75, 3.05) is 6.61 Å². The van der Waals surface area contributed by atoms with E-state index >= 15 is 0 Å². The zero-order chi connectivity index (χ0) is 12.1. The van der Waals surface area contributed by atoms with E-state index in [-0.39, 0.29) is 6.04 Å². The summed E-state index contributed by atoms with van der Waals surface area (Å²) >= 11 is 5.67. The maximum atomic E-state index is 5.80. The highest BCUT2D eigenvalue weighted by molar-refractivity contribution is 6.29. The molecule has 0 fully saturated rings. The van der Waals surface area contributed by atoms with Gasteiger partial charge in [-0.05, 0) is 31.9 Å². The van der Waals surface area contributed by atoms with E-state index in [0.717, 1.165) is 17.7 Å². The van der Waals surface area contributed by atoms with Gasteiger partial charge >= 0.3 is 0 Å². The maximum Gasteiger partial charge on any atom is 0.123 e. The fraction of sp³-hybridized carbons (Fsp3) is 0.385. The monoisotopic (exact) mass is 239 g/mol. The first-order chi connectivity index (χ1) is 7.49. The zero-order valence-corrected chi connectivity index (χ0v) is 10.6. The Bertz CT molecular complexity index is 374. The highest BCUT2D eigenvalue weighted by Gasteiger charge is 2.06. The van der Waals surface area contributed by atoms with Gasteiger partial charge in [-0.15, -0.1) is 0 Å². The number of hydrogen-bond acceptors (Lipinski definition) is 2. The van der Waals surface area contributed by atoms with Crippen molar-refractivity contribution in [3.8, 4) is 5.75 Å². The van der Waals surface area contributed by atoms with Crippen LogP contribution in [0.15, 0.2) is 29.8 Å². The van der Waals surface area contributed by atoms with Gasteiger partial charge in [-0.1, -0.05) is 35.9 Å². The van der Waals surface area contributed by atoms with Crippen LogP contribution in [0, 0.1) is 6.92 Å². The van der Waals surface area contributed by atoms with Gasteiger partial charge in [0.25, 0.3) is 0 Å². The van der Waals surface area contributed by atoms with Gasteiger partial charge in [-0.2, -0.15) is 0 Å². The van der Waals surface area contributed by atoms with Crippen molar-refractivity contribution >= 4 is 11.6 Å². The minimum absolute atomic E-state index is 0.114. The smallest absolute Gasteiger partial charge is 0.123 e. The molecule has 0 aliphatic heterocycles. The molecule has 0 aliphatic rings. The van der Waals surface area contributed by atoms with E-state index in [1.807, 2.05) is 19.1 Å². The van der Waals surface area contributed by atoms with Crippen molar-refractivity contribution in [2.24, 2.45) is 5.73 Å². The van der Waals surface area contributed by atoms with E-state index in [2.05, 4.69) is 19.6 Å². The van der Waals surface area contributed by atoms with Crippen LogP contribution in [0.5, 0.6) is 5.75 Å². The van der Waals surface area contributed by atoms with Crippen molar-refractivity contribution < 1.29 is 4.74 Å². The van der Waals surface area contributed by atoms with Crippen molar-refractivity contribution in [2.45, 2.75) is 26.3 Å². The average Bonchev–Trinajstić information content (AvgIpc) is 2.15. The summed E-state index contributed by atoms with van der Waals surface area (Å²) in [6, 6.07) is 6.17. The van der Waals surface area contributed by atoms with Gasteiger partial charge in [0.05, 0.1) is 0 Å². The summed E-state index contributed by atoms with van der Waals surface area (Å²) in [7, 11) is 0. The molecular formula is C13H18ClNO. The lowest BCUT2D eigenvalue weighted by molar-refractivity contribution is 0.354. The van der Waals surface area contributed by atoms with E-state index < -0.39 is 0 Å². The van der Waals surface area contributed by atoms with Crippen molar-refractivity contribution in [3.63, 3.8) is 0 Å². The van der Waals surface area contributed by atoms with E-state index in [1.54, 1.807) is 0 Å². The first kappa shape index (κ1) is 13.1. The Morgan fingerprint density at radius 3 is 2.81 bits per heavy atom. The molecule has 88 valence electrons. The quantitative estimate of drug-likeness (QED) is 0.857. The first-order valence-corrected chi connectivity index (χ1v) is 5.68. The summed E-state index contributed by atoms with van der Waals surface area (Å²) in [5.74, 6) is 0.838. The summed E-state index contributed by atoms with van der Waals surface area (Å²) < 4.78 is 5.57. The third kappa shape index (κ3) is 4.25. The highest BCUT2D eigenvalue weighted by Crippen LogP contribution is 2.22. The van der Waals surface area contributed by atoms with Gasteiger partial charge < -0.3 is 10.5 Å². The third-order valence-electron chi connectivity index (χ3n) is 2.14. The Morgan fingerprint density at radius 1 is 1.56 bits per heavy atom. The van der Waals surface area contributed by atoms with E-state index in [9.17, 15) is 0 Å². The predicted octanol–water partition coefficient (Wildman–Crippen LogP) is 3.02. The van der Waals surface area contributed by atoms with Gasteiger partial charge in [0.2, 0.25) is 0 Å². The summed E-state index contributed by atoms with van der Waals surface area (Å²) in [5, 5.41) is 0.493. The molecule has 16 heavy (non-hydrogen) atoms. The summed E-state index contributed by atoms with van der Waals surface area (Å²) in [6.45, 7) is 7.95. The molecule has 0 amide bonds. The summed E-state index contributed by atoms with van der Waals surface area (Å²) in [5.41, 5.74) is 8.12. The molecule has 1 aromatic rings. The molecule has 2 nitrogen and oxygen atoms in total. The number of benzene rings is 1. The molecule has 0 bridgehead atoms. The Morgan fingerprint density at radius 2 is 2.25 bits per heavy atom. The minimum atomic E-state index is 0.114. The van der Waals surface area contributed by atoms with E-state index in [0.29, 0.717) is 11.6 Å². The number of ether oxygens (including phenoxy) is 1. The van der Waals surface area contributed by atoms with Gasteiger partial charge in [-0.3, -0.25) is 0 Å². The number of hydrogen-bond donors (Lipinski definition) is 1.